The van der Waals surface area contributed by atoms with Gasteiger partial charge in [0.15, 0.2) is 0 Å². The highest BCUT2D eigenvalue weighted by molar-refractivity contribution is 6.36. The molecule has 2 amide bonds. The first kappa shape index (κ1) is 17.4. The summed E-state index contributed by atoms with van der Waals surface area (Å²) in [6, 6.07) is 8.63. The molecule has 25 heavy (non-hydrogen) atoms. The van der Waals surface area contributed by atoms with Crippen molar-refractivity contribution >= 4 is 46.4 Å². The summed E-state index contributed by atoms with van der Waals surface area (Å²) >= 11 is 11.8. The maximum absolute atomic E-state index is 12.2. The van der Waals surface area contributed by atoms with Gasteiger partial charge in [-0.3, -0.25) is 9.59 Å². The minimum absolute atomic E-state index is 0.0336. The van der Waals surface area contributed by atoms with E-state index < -0.39 is 5.91 Å². The van der Waals surface area contributed by atoms with Gasteiger partial charge < -0.3 is 5.32 Å². The van der Waals surface area contributed by atoms with Crippen molar-refractivity contribution in [3.05, 3.63) is 57.8 Å². The van der Waals surface area contributed by atoms with E-state index in [0.717, 1.165) is 11.3 Å². The number of halogens is 2. The highest BCUT2D eigenvalue weighted by Gasteiger charge is 2.21. The number of pyridine rings is 1. The van der Waals surface area contributed by atoms with E-state index in [-0.39, 0.29) is 22.5 Å². The average Bonchev–Trinajstić information content (AvgIpc) is 2.55. The van der Waals surface area contributed by atoms with Crippen LogP contribution in [-0.2, 0) is 4.79 Å². The van der Waals surface area contributed by atoms with Gasteiger partial charge in [0.1, 0.15) is 5.69 Å². The van der Waals surface area contributed by atoms with Crippen LogP contribution in [0.1, 0.15) is 29.4 Å². The van der Waals surface area contributed by atoms with Gasteiger partial charge in [0.05, 0.1) is 15.8 Å². The third-order valence-corrected chi connectivity index (χ3v) is 4.22. The number of aromatic nitrogens is 1. The van der Waals surface area contributed by atoms with Crippen molar-refractivity contribution in [2.75, 3.05) is 5.32 Å². The Morgan fingerprint density at radius 2 is 2.00 bits per heavy atom. The summed E-state index contributed by atoms with van der Waals surface area (Å²) in [7, 11) is 0. The molecule has 1 aliphatic heterocycles. The molecule has 8 heteroatoms. The third kappa shape index (κ3) is 3.97. The van der Waals surface area contributed by atoms with E-state index >= 15 is 0 Å². The van der Waals surface area contributed by atoms with Gasteiger partial charge in [-0.2, -0.15) is 5.10 Å². The normalized spacial score (nSPS) is 16.8. The SMILES string of the molecule is CC1CC(=O)NN=C1c1ccc(NC(=O)c2ncc(Cl)cc2Cl)cc1. The van der Waals surface area contributed by atoms with Crippen LogP contribution in [0.25, 0.3) is 0 Å². The number of amides is 2. The minimum atomic E-state index is -0.426. The molecular weight excluding hydrogens is 363 g/mol. The zero-order valence-electron chi connectivity index (χ0n) is 13.2. The van der Waals surface area contributed by atoms with Crippen molar-refractivity contribution in [2.24, 2.45) is 11.0 Å². The topological polar surface area (TPSA) is 83.5 Å². The van der Waals surface area contributed by atoms with Crippen molar-refractivity contribution in [1.82, 2.24) is 10.4 Å². The molecule has 0 aliphatic carbocycles. The van der Waals surface area contributed by atoms with Gasteiger partial charge in [-0.15, -0.1) is 0 Å². The molecule has 0 spiro atoms. The van der Waals surface area contributed by atoms with Gasteiger partial charge in [0, 0.05) is 24.2 Å². The van der Waals surface area contributed by atoms with Gasteiger partial charge >= 0.3 is 0 Å². The summed E-state index contributed by atoms with van der Waals surface area (Å²) < 4.78 is 0. The summed E-state index contributed by atoms with van der Waals surface area (Å²) in [4.78, 5) is 27.5. The maximum Gasteiger partial charge on any atom is 0.275 e. The van der Waals surface area contributed by atoms with Gasteiger partial charge in [0.25, 0.3) is 5.91 Å². The summed E-state index contributed by atoms with van der Waals surface area (Å²) in [6.07, 6.45) is 1.76. The number of carbonyl (C=O) groups is 2. The van der Waals surface area contributed by atoms with E-state index in [1.165, 1.54) is 12.3 Å². The Balaban J connectivity index is 1.74. The second-order valence-electron chi connectivity index (χ2n) is 5.65. The van der Waals surface area contributed by atoms with Gasteiger partial charge in [-0.1, -0.05) is 42.3 Å². The zero-order chi connectivity index (χ0) is 18.0. The number of carbonyl (C=O) groups excluding carboxylic acids is 2. The summed E-state index contributed by atoms with van der Waals surface area (Å²) in [6.45, 7) is 1.95. The number of nitrogens with zero attached hydrogens (tertiary/aromatic N) is 2. The van der Waals surface area contributed by atoms with Crippen molar-refractivity contribution in [3.8, 4) is 0 Å². The minimum Gasteiger partial charge on any atom is -0.321 e. The first-order chi connectivity index (χ1) is 11.9. The maximum atomic E-state index is 12.2. The molecule has 128 valence electrons. The quantitative estimate of drug-likeness (QED) is 0.859. The van der Waals surface area contributed by atoms with Crippen molar-refractivity contribution in [1.29, 1.82) is 0 Å². The van der Waals surface area contributed by atoms with Crippen LogP contribution in [0, 0.1) is 5.92 Å². The molecule has 1 unspecified atom stereocenters. The fraction of sp³-hybridized carbons (Fsp3) is 0.176. The zero-order valence-corrected chi connectivity index (χ0v) is 14.7. The average molecular weight is 377 g/mol. The van der Waals surface area contributed by atoms with Crippen LogP contribution >= 0.6 is 23.2 Å². The van der Waals surface area contributed by atoms with E-state index in [9.17, 15) is 9.59 Å². The molecule has 2 N–H and O–H groups in total. The molecule has 1 atom stereocenters. The van der Waals surface area contributed by atoms with E-state index in [1.54, 1.807) is 12.1 Å². The first-order valence-electron chi connectivity index (χ1n) is 7.53. The Labute approximate surface area is 154 Å². The Hall–Kier alpha value is -2.44. The predicted molar refractivity (Wildman–Crippen MR) is 97.1 cm³/mol. The van der Waals surface area contributed by atoms with Crippen LogP contribution in [0.4, 0.5) is 5.69 Å². The van der Waals surface area contributed by atoms with Gasteiger partial charge in [-0.25, -0.2) is 10.4 Å². The molecule has 1 aromatic carbocycles. The lowest BCUT2D eigenvalue weighted by molar-refractivity contribution is -0.121. The van der Waals surface area contributed by atoms with E-state index in [1.807, 2.05) is 19.1 Å². The first-order valence-corrected chi connectivity index (χ1v) is 8.29. The summed E-state index contributed by atoms with van der Waals surface area (Å²) in [5.74, 6) is -0.483. The van der Waals surface area contributed by atoms with Crippen LogP contribution in [0.5, 0.6) is 0 Å². The Morgan fingerprint density at radius 1 is 1.28 bits per heavy atom. The predicted octanol–water partition coefficient (Wildman–Crippen LogP) is 3.50. The Kier molecular flexibility index (Phi) is 5.01. The highest BCUT2D eigenvalue weighted by Crippen LogP contribution is 2.21. The Morgan fingerprint density at radius 3 is 2.64 bits per heavy atom. The summed E-state index contributed by atoms with van der Waals surface area (Å²) in [5.41, 5.74) is 4.87. The van der Waals surface area contributed by atoms with Crippen LogP contribution < -0.4 is 10.7 Å². The standard InChI is InChI=1S/C17H14Cl2N4O2/c1-9-6-14(24)22-23-15(9)10-2-4-12(5-3-10)21-17(25)16-13(19)7-11(18)8-20-16/h2-5,7-9H,6H2,1H3,(H,21,25)(H,22,24). The number of rotatable bonds is 3. The van der Waals surface area contributed by atoms with Crippen molar-refractivity contribution in [2.45, 2.75) is 13.3 Å². The second-order valence-corrected chi connectivity index (χ2v) is 6.50. The van der Waals surface area contributed by atoms with Crippen LogP contribution in [0.3, 0.4) is 0 Å². The number of hydrogen-bond acceptors (Lipinski definition) is 4. The lowest BCUT2D eigenvalue weighted by atomic mass is 9.94. The summed E-state index contributed by atoms with van der Waals surface area (Å²) in [5, 5.41) is 7.38. The molecular formula is C17H14Cl2N4O2. The molecule has 2 aromatic rings. The molecule has 0 bridgehead atoms. The molecule has 0 radical (unpaired) electrons. The van der Waals surface area contributed by atoms with Crippen LogP contribution in [0.2, 0.25) is 10.0 Å². The lowest BCUT2D eigenvalue weighted by Crippen LogP contribution is -2.31. The van der Waals surface area contributed by atoms with E-state index in [0.29, 0.717) is 17.1 Å². The highest BCUT2D eigenvalue weighted by atomic mass is 35.5. The molecule has 0 saturated heterocycles. The number of benzene rings is 1. The van der Waals surface area contributed by atoms with Crippen molar-refractivity contribution < 1.29 is 9.59 Å². The fourth-order valence-corrected chi connectivity index (χ4v) is 2.96. The molecule has 6 nitrogen and oxygen atoms in total. The number of hydrogen-bond donors (Lipinski definition) is 2. The van der Waals surface area contributed by atoms with Gasteiger partial charge in [0.2, 0.25) is 5.91 Å². The molecule has 0 fully saturated rings. The van der Waals surface area contributed by atoms with E-state index in [4.69, 9.17) is 23.2 Å². The lowest BCUT2D eigenvalue weighted by Gasteiger charge is -2.19. The Bertz CT molecular complexity index is 865. The monoisotopic (exact) mass is 376 g/mol. The van der Waals surface area contributed by atoms with Crippen LogP contribution in [0.15, 0.2) is 41.6 Å². The molecule has 0 saturated carbocycles. The van der Waals surface area contributed by atoms with Crippen LogP contribution in [-0.4, -0.2) is 22.5 Å². The third-order valence-electron chi connectivity index (χ3n) is 3.72. The molecule has 1 aliphatic rings. The fourth-order valence-electron chi connectivity index (χ4n) is 2.50. The molecule has 3 rings (SSSR count). The van der Waals surface area contributed by atoms with E-state index in [2.05, 4.69) is 20.8 Å². The number of hydrazone groups is 1. The second kappa shape index (κ2) is 7.21. The number of anilines is 1. The van der Waals surface area contributed by atoms with Crippen molar-refractivity contribution in [3.63, 3.8) is 0 Å². The number of nitrogens with one attached hydrogen (secondary N) is 2. The smallest absolute Gasteiger partial charge is 0.275 e. The molecule has 1 aromatic heterocycles. The largest absolute Gasteiger partial charge is 0.321 e. The molecule has 2 heterocycles. The van der Waals surface area contributed by atoms with Gasteiger partial charge in [-0.05, 0) is 23.8 Å².